The van der Waals surface area contributed by atoms with E-state index in [1.54, 1.807) is 31.4 Å². The molecule has 9 nitrogen and oxygen atoms in total. The Bertz CT molecular complexity index is 1440. The van der Waals surface area contributed by atoms with E-state index in [1.807, 2.05) is 0 Å². The number of carbonyl (C=O) groups is 1. The van der Waals surface area contributed by atoms with Crippen molar-refractivity contribution in [1.29, 1.82) is 0 Å². The lowest BCUT2D eigenvalue weighted by molar-refractivity contribution is -0.286. The normalized spacial score (nSPS) is 20.3. The molecule has 1 aromatic heterocycles. The summed E-state index contributed by atoms with van der Waals surface area (Å²) in [5, 5.41) is 32.4. The highest BCUT2D eigenvalue weighted by Crippen LogP contribution is 2.50. The maximum Gasteiger partial charge on any atom is 0.586 e. The van der Waals surface area contributed by atoms with Crippen LogP contribution in [0.4, 0.5) is 18.9 Å². The number of aliphatic hydroxyl groups is 3. The number of rotatable bonds is 7. The second-order valence-corrected chi connectivity index (χ2v) is 10.4. The SMILES string of the molecule is CC(C)(CO)c1cc2cc(NC(=O)[C@@]3(C)COc4cc5c(cc43)OC(F)(F)O5)c(F)cc2n1C[C@@H](O)CO. The van der Waals surface area contributed by atoms with E-state index in [0.717, 1.165) is 0 Å². The van der Waals surface area contributed by atoms with Crippen LogP contribution in [0.2, 0.25) is 0 Å². The molecule has 204 valence electrons. The molecule has 5 rings (SSSR count). The quantitative estimate of drug-likeness (QED) is 0.366. The Morgan fingerprint density at radius 1 is 1.13 bits per heavy atom. The van der Waals surface area contributed by atoms with Crippen molar-refractivity contribution in [2.24, 2.45) is 0 Å². The molecule has 4 N–H and O–H groups in total. The molecule has 1 amide bonds. The molecule has 0 bridgehead atoms. The van der Waals surface area contributed by atoms with Crippen molar-refractivity contribution < 1.29 is 47.5 Å². The molecular weight excluding hydrogens is 509 g/mol. The molecule has 38 heavy (non-hydrogen) atoms. The summed E-state index contributed by atoms with van der Waals surface area (Å²) in [6.45, 7) is 4.21. The van der Waals surface area contributed by atoms with Gasteiger partial charge < -0.3 is 39.4 Å². The lowest BCUT2D eigenvalue weighted by Crippen LogP contribution is -2.39. The molecule has 3 heterocycles. The van der Waals surface area contributed by atoms with Crippen molar-refractivity contribution in [3.05, 3.63) is 47.4 Å². The lowest BCUT2D eigenvalue weighted by Gasteiger charge is -2.25. The lowest BCUT2D eigenvalue weighted by atomic mass is 9.83. The van der Waals surface area contributed by atoms with Crippen molar-refractivity contribution in [2.75, 3.05) is 25.1 Å². The van der Waals surface area contributed by atoms with E-state index in [0.29, 0.717) is 16.6 Å². The van der Waals surface area contributed by atoms with Crippen LogP contribution in [0.15, 0.2) is 30.3 Å². The van der Waals surface area contributed by atoms with E-state index in [1.165, 1.54) is 24.3 Å². The van der Waals surface area contributed by atoms with E-state index >= 15 is 4.39 Å². The van der Waals surface area contributed by atoms with Crippen LogP contribution in [0.1, 0.15) is 32.0 Å². The fourth-order valence-electron chi connectivity index (χ4n) is 4.76. The summed E-state index contributed by atoms with van der Waals surface area (Å²) in [5.74, 6) is -1.67. The molecular formula is C26H27F3N2O7. The van der Waals surface area contributed by atoms with Crippen molar-refractivity contribution in [1.82, 2.24) is 4.57 Å². The summed E-state index contributed by atoms with van der Waals surface area (Å²) < 4.78 is 58.5. The number of ether oxygens (including phenoxy) is 3. The summed E-state index contributed by atoms with van der Waals surface area (Å²) >= 11 is 0. The number of aliphatic hydroxyl groups excluding tert-OH is 3. The first-order chi connectivity index (χ1) is 17.8. The molecule has 0 saturated carbocycles. The third-order valence-corrected chi connectivity index (χ3v) is 7.05. The number of hydrogen-bond donors (Lipinski definition) is 4. The molecule has 2 aliphatic heterocycles. The molecule has 12 heteroatoms. The van der Waals surface area contributed by atoms with Gasteiger partial charge in [-0.05, 0) is 25.1 Å². The van der Waals surface area contributed by atoms with Crippen LogP contribution in [0.3, 0.4) is 0 Å². The number of aromatic nitrogens is 1. The molecule has 3 aromatic rings. The van der Waals surface area contributed by atoms with Gasteiger partial charge in [-0.1, -0.05) is 13.8 Å². The molecule has 2 aliphatic rings. The zero-order valence-corrected chi connectivity index (χ0v) is 20.8. The Morgan fingerprint density at radius 2 is 1.82 bits per heavy atom. The molecule has 0 aliphatic carbocycles. The van der Waals surface area contributed by atoms with Crippen LogP contribution >= 0.6 is 0 Å². The summed E-state index contributed by atoms with van der Waals surface area (Å²) in [6.07, 6.45) is -4.94. The highest BCUT2D eigenvalue weighted by Gasteiger charge is 2.49. The number of fused-ring (bicyclic) bond motifs is 3. The minimum Gasteiger partial charge on any atom is -0.492 e. The maximum absolute atomic E-state index is 15.3. The minimum atomic E-state index is -3.83. The van der Waals surface area contributed by atoms with Gasteiger partial charge in [-0.3, -0.25) is 4.79 Å². The minimum absolute atomic E-state index is 0.0365. The summed E-state index contributed by atoms with van der Waals surface area (Å²) in [5.41, 5.74) is -0.948. The molecule has 2 aromatic carbocycles. The van der Waals surface area contributed by atoms with E-state index < -0.39 is 41.6 Å². The van der Waals surface area contributed by atoms with Crippen LogP contribution in [-0.4, -0.2) is 58.0 Å². The molecule has 0 fully saturated rings. The number of benzene rings is 2. The highest BCUT2D eigenvalue weighted by molar-refractivity contribution is 6.01. The van der Waals surface area contributed by atoms with E-state index in [2.05, 4.69) is 14.8 Å². The van der Waals surface area contributed by atoms with E-state index in [4.69, 9.17) is 4.74 Å². The average Bonchev–Trinajstić information content (AvgIpc) is 3.48. The highest BCUT2D eigenvalue weighted by atomic mass is 19.3. The molecule has 0 saturated heterocycles. The van der Waals surface area contributed by atoms with Gasteiger partial charge in [0.2, 0.25) is 5.91 Å². The molecule has 0 spiro atoms. The fraction of sp³-hybridized carbons (Fsp3) is 0.423. The number of alkyl halides is 2. The zero-order chi connectivity index (χ0) is 27.6. The van der Waals surface area contributed by atoms with Gasteiger partial charge in [0.25, 0.3) is 0 Å². The van der Waals surface area contributed by atoms with Crippen LogP contribution < -0.4 is 19.5 Å². The van der Waals surface area contributed by atoms with Gasteiger partial charge in [0.1, 0.15) is 23.6 Å². The number of nitrogens with zero attached hydrogens (tertiary/aromatic N) is 1. The van der Waals surface area contributed by atoms with E-state index in [9.17, 15) is 28.9 Å². The maximum atomic E-state index is 15.3. The molecule has 2 atom stereocenters. The van der Waals surface area contributed by atoms with Gasteiger partial charge >= 0.3 is 6.29 Å². The number of carbonyl (C=O) groups excluding carboxylic acids is 1. The summed E-state index contributed by atoms with van der Waals surface area (Å²) in [6, 6.07) is 6.84. The Balaban J connectivity index is 1.49. The Morgan fingerprint density at radius 3 is 2.47 bits per heavy atom. The summed E-state index contributed by atoms with van der Waals surface area (Å²) in [7, 11) is 0. The number of nitrogens with one attached hydrogen (secondary N) is 1. The smallest absolute Gasteiger partial charge is 0.492 e. The van der Waals surface area contributed by atoms with Crippen LogP contribution in [0.25, 0.3) is 10.9 Å². The van der Waals surface area contributed by atoms with Crippen LogP contribution in [0.5, 0.6) is 17.2 Å². The van der Waals surface area contributed by atoms with Crippen LogP contribution in [0, 0.1) is 5.82 Å². The molecule has 0 radical (unpaired) electrons. The molecule has 0 unspecified atom stereocenters. The first kappa shape index (κ1) is 26.1. The standard InChI is InChI=1S/C26H27F3N2O7/c1-24(2,11-33)22-5-13-4-17(16(27)7-18(13)31(22)9-14(34)10-32)30-23(35)25(3)12-36-19-8-21-20(6-15(19)25)37-26(28,29)38-21/h4-8,14,32-34H,9-12H2,1-3H3,(H,30,35)/t14-,25+/m1/s1. The number of anilines is 1. The van der Waals surface area contributed by atoms with Crippen molar-refractivity contribution in [3.63, 3.8) is 0 Å². The van der Waals surface area contributed by atoms with Crippen molar-refractivity contribution in [2.45, 2.75) is 50.5 Å². The zero-order valence-electron chi connectivity index (χ0n) is 20.8. The Hall–Kier alpha value is -3.48. The Labute approximate surface area is 215 Å². The Kier molecular flexibility index (Phi) is 6.04. The third kappa shape index (κ3) is 4.22. The van der Waals surface area contributed by atoms with Gasteiger partial charge in [0, 0.05) is 34.2 Å². The number of amides is 1. The number of halogens is 3. The fourth-order valence-corrected chi connectivity index (χ4v) is 4.76. The topological polar surface area (TPSA) is 122 Å². The second-order valence-electron chi connectivity index (χ2n) is 10.4. The number of hydrogen-bond acceptors (Lipinski definition) is 7. The first-order valence-electron chi connectivity index (χ1n) is 11.9. The van der Waals surface area contributed by atoms with Crippen molar-refractivity contribution in [3.8, 4) is 17.2 Å². The van der Waals surface area contributed by atoms with Gasteiger partial charge in [0.15, 0.2) is 11.5 Å². The first-order valence-corrected chi connectivity index (χ1v) is 11.9. The average molecular weight is 537 g/mol. The van der Waals surface area contributed by atoms with Gasteiger partial charge in [-0.25, -0.2) is 4.39 Å². The van der Waals surface area contributed by atoms with E-state index in [-0.39, 0.29) is 48.3 Å². The summed E-state index contributed by atoms with van der Waals surface area (Å²) in [4.78, 5) is 13.4. The monoisotopic (exact) mass is 536 g/mol. The van der Waals surface area contributed by atoms with Crippen LogP contribution in [-0.2, 0) is 22.2 Å². The largest absolute Gasteiger partial charge is 0.586 e. The third-order valence-electron chi connectivity index (χ3n) is 7.05. The predicted octanol–water partition coefficient (Wildman–Crippen LogP) is 3.01. The van der Waals surface area contributed by atoms with Gasteiger partial charge in [0.05, 0.1) is 37.1 Å². The van der Waals surface area contributed by atoms with Gasteiger partial charge in [-0.15, -0.1) is 8.78 Å². The van der Waals surface area contributed by atoms with Gasteiger partial charge in [-0.2, -0.15) is 0 Å². The predicted molar refractivity (Wildman–Crippen MR) is 129 cm³/mol. The second kappa shape index (κ2) is 8.79. The van der Waals surface area contributed by atoms with Crippen molar-refractivity contribution >= 4 is 22.5 Å².